The van der Waals surface area contributed by atoms with Gasteiger partial charge in [-0.1, -0.05) is 35.6 Å². The minimum absolute atomic E-state index is 0.0956. The van der Waals surface area contributed by atoms with E-state index in [-0.39, 0.29) is 11.9 Å². The Hall–Kier alpha value is -2.41. The highest BCUT2D eigenvalue weighted by molar-refractivity contribution is 7.19. The van der Waals surface area contributed by atoms with Gasteiger partial charge in [-0.25, -0.2) is 9.98 Å². The number of fused-ring (bicyclic) bond motifs is 1. The Morgan fingerprint density at radius 1 is 1.21 bits per heavy atom. The quantitative estimate of drug-likeness (QED) is 0.817. The molecule has 152 valence electrons. The Labute approximate surface area is 175 Å². The molecule has 0 bridgehead atoms. The van der Waals surface area contributed by atoms with Crippen LogP contribution in [0.25, 0.3) is 0 Å². The number of aromatic nitrogens is 1. The van der Waals surface area contributed by atoms with Crippen molar-refractivity contribution in [2.24, 2.45) is 4.99 Å². The van der Waals surface area contributed by atoms with Crippen molar-refractivity contribution in [3.05, 3.63) is 41.1 Å². The molecule has 1 aromatic carbocycles. The van der Waals surface area contributed by atoms with E-state index >= 15 is 0 Å². The molecule has 29 heavy (non-hydrogen) atoms. The molecule has 0 unspecified atom stereocenters. The monoisotopic (exact) mass is 409 g/mol. The van der Waals surface area contributed by atoms with Crippen LogP contribution in [0.2, 0.25) is 0 Å². The summed E-state index contributed by atoms with van der Waals surface area (Å²) in [6.07, 6.45) is 4.41. The van der Waals surface area contributed by atoms with Gasteiger partial charge in [-0.2, -0.15) is 0 Å². The molecule has 2 aromatic rings. The summed E-state index contributed by atoms with van der Waals surface area (Å²) in [5, 5.41) is 5.10. The van der Waals surface area contributed by atoms with E-state index in [1.165, 1.54) is 24.0 Å². The van der Waals surface area contributed by atoms with Crippen molar-refractivity contribution in [3.8, 4) is 0 Å². The van der Waals surface area contributed by atoms with Crippen molar-refractivity contribution in [2.75, 3.05) is 11.4 Å². The fourth-order valence-corrected chi connectivity index (χ4v) is 5.36. The lowest BCUT2D eigenvalue weighted by molar-refractivity contribution is -0.122. The Balaban J connectivity index is 1.29. The first-order chi connectivity index (χ1) is 14.1. The van der Waals surface area contributed by atoms with Gasteiger partial charge in [-0.05, 0) is 50.7 Å². The van der Waals surface area contributed by atoms with Gasteiger partial charge in [0, 0.05) is 19.1 Å². The summed E-state index contributed by atoms with van der Waals surface area (Å²) in [5.41, 5.74) is 3.44. The zero-order chi connectivity index (χ0) is 20.0. The molecule has 1 amide bonds. The van der Waals surface area contributed by atoms with Crippen LogP contribution in [-0.2, 0) is 17.9 Å². The van der Waals surface area contributed by atoms with Gasteiger partial charge in [0.25, 0.3) is 0 Å². The predicted octanol–water partition coefficient (Wildman–Crippen LogP) is 3.76. The van der Waals surface area contributed by atoms with E-state index in [0.29, 0.717) is 12.6 Å². The van der Waals surface area contributed by atoms with Crippen LogP contribution in [0.1, 0.15) is 49.4 Å². The normalized spacial score (nSPS) is 21.2. The van der Waals surface area contributed by atoms with Crippen molar-refractivity contribution < 1.29 is 4.79 Å². The van der Waals surface area contributed by atoms with E-state index in [1.807, 2.05) is 12.1 Å². The molecule has 3 aliphatic rings. The highest BCUT2D eigenvalue weighted by Gasteiger charge is 2.36. The molecule has 5 rings (SSSR count). The van der Waals surface area contributed by atoms with Crippen molar-refractivity contribution in [2.45, 2.75) is 64.7 Å². The first-order valence-corrected chi connectivity index (χ1v) is 11.3. The Bertz CT molecular complexity index is 964. The van der Waals surface area contributed by atoms with Crippen LogP contribution in [0.5, 0.6) is 0 Å². The van der Waals surface area contributed by atoms with E-state index in [1.54, 1.807) is 11.3 Å². The van der Waals surface area contributed by atoms with Crippen LogP contribution in [0, 0.1) is 6.92 Å². The second-order valence-electron chi connectivity index (χ2n) is 8.26. The fourth-order valence-electron chi connectivity index (χ4n) is 4.29. The molecule has 1 aliphatic carbocycles. The maximum atomic E-state index is 12.9. The summed E-state index contributed by atoms with van der Waals surface area (Å²) < 4.78 is 0. The van der Waals surface area contributed by atoms with Crippen molar-refractivity contribution in [3.63, 3.8) is 0 Å². The molecule has 2 fully saturated rings. The zero-order valence-electron chi connectivity index (χ0n) is 17.0. The number of hydrogen-bond donors (Lipinski definition) is 1. The standard InChI is InChI=1S/C22H27N5OS/c1-14-6-3-4-7-16(14)12-23-20(28)19-8-5-11-26(19)22-25-18-13-27(17-9-10-17)15(2)24-21(18)29-22/h3-4,6-7,17,19H,5,8-13H2,1-2H3,(H,23,28)/t19-/m1/s1. The molecular formula is C22H27N5OS. The molecule has 2 aliphatic heterocycles. The van der Waals surface area contributed by atoms with E-state index in [9.17, 15) is 4.79 Å². The van der Waals surface area contributed by atoms with Crippen LogP contribution in [0.4, 0.5) is 10.1 Å². The van der Waals surface area contributed by atoms with Crippen LogP contribution in [0.15, 0.2) is 29.3 Å². The van der Waals surface area contributed by atoms with Gasteiger partial charge in [0.1, 0.15) is 16.9 Å². The summed E-state index contributed by atoms with van der Waals surface area (Å²) in [6.45, 7) is 6.48. The van der Waals surface area contributed by atoms with Gasteiger partial charge in [-0.3, -0.25) is 4.79 Å². The molecule has 6 nitrogen and oxygen atoms in total. The van der Waals surface area contributed by atoms with Gasteiger partial charge in [-0.15, -0.1) is 0 Å². The van der Waals surface area contributed by atoms with E-state index in [4.69, 9.17) is 9.98 Å². The molecule has 1 N–H and O–H groups in total. The molecule has 1 atom stereocenters. The summed E-state index contributed by atoms with van der Waals surface area (Å²) in [4.78, 5) is 27.2. The number of amidine groups is 1. The first kappa shape index (κ1) is 18.6. The van der Waals surface area contributed by atoms with E-state index < -0.39 is 0 Å². The molecule has 7 heteroatoms. The smallest absolute Gasteiger partial charge is 0.243 e. The van der Waals surface area contributed by atoms with E-state index in [2.05, 4.69) is 41.1 Å². The number of nitrogens with zero attached hydrogens (tertiary/aromatic N) is 4. The first-order valence-electron chi connectivity index (χ1n) is 10.5. The third kappa shape index (κ3) is 3.64. The predicted molar refractivity (Wildman–Crippen MR) is 117 cm³/mol. The number of aliphatic imine (C=N–C) groups is 1. The molecule has 0 radical (unpaired) electrons. The highest BCUT2D eigenvalue weighted by atomic mass is 32.1. The zero-order valence-corrected chi connectivity index (χ0v) is 17.8. The van der Waals surface area contributed by atoms with Crippen molar-refractivity contribution in [1.29, 1.82) is 0 Å². The molecular weight excluding hydrogens is 382 g/mol. The third-order valence-electron chi connectivity index (χ3n) is 6.17. The Morgan fingerprint density at radius 3 is 2.83 bits per heavy atom. The maximum Gasteiger partial charge on any atom is 0.243 e. The SMILES string of the molecule is CC1=Nc2sc(N3CCC[C@@H]3C(=O)NCc3ccccc3C)nc2CN1C1CC1. The molecule has 1 aromatic heterocycles. The number of aryl methyl sites for hydroxylation is 1. The van der Waals surface area contributed by atoms with Crippen LogP contribution >= 0.6 is 11.3 Å². The van der Waals surface area contributed by atoms with Gasteiger partial charge >= 0.3 is 0 Å². The second kappa shape index (κ2) is 7.44. The average molecular weight is 410 g/mol. The lowest BCUT2D eigenvalue weighted by Crippen LogP contribution is -2.43. The van der Waals surface area contributed by atoms with Gasteiger partial charge < -0.3 is 15.1 Å². The number of nitrogens with one attached hydrogen (secondary N) is 1. The summed E-state index contributed by atoms with van der Waals surface area (Å²) in [5.74, 6) is 1.20. The molecule has 1 saturated carbocycles. The maximum absolute atomic E-state index is 12.9. The van der Waals surface area contributed by atoms with Crippen LogP contribution in [-0.4, -0.2) is 40.3 Å². The molecule has 1 saturated heterocycles. The minimum Gasteiger partial charge on any atom is -0.351 e. The van der Waals surface area contributed by atoms with Gasteiger partial charge in [0.15, 0.2) is 5.13 Å². The van der Waals surface area contributed by atoms with Crippen LogP contribution in [0.3, 0.4) is 0 Å². The van der Waals surface area contributed by atoms with Crippen molar-refractivity contribution in [1.82, 2.24) is 15.2 Å². The summed E-state index contributed by atoms with van der Waals surface area (Å²) in [6, 6.07) is 8.70. The number of hydrogen-bond acceptors (Lipinski definition) is 6. The van der Waals surface area contributed by atoms with E-state index in [0.717, 1.165) is 47.6 Å². The lowest BCUT2D eigenvalue weighted by atomic mass is 10.1. The minimum atomic E-state index is -0.142. The number of benzene rings is 1. The number of carbonyl (C=O) groups excluding carboxylic acids is 1. The number of thiazole rings is 1. The number of amides is 1. The fraction of sp³-hybridized carbons (Fsp3) is 0.500. The van der Waals surface area contributed by atoms with Gasteiger partial charge in [0.05, 0.1) is 12.2 Å². The highest BCUT2D eigenvalue weighted by Crippen LogP contribution is 2.41. The number of anilines is 1. The Morgan fingerprint density at radius 2 is 2.03 bits per heavy atom. The summed E-state index contributed by atoms with van der Waals surface area (Å²) in [7, 11) is 0. The largest absolute Gasteiger partial charge is 0.351 e. The number of carbonyl (C=O) groups is 1. The van der Waals surface area contributed by atoms with Gasteiger partial charge in [0.2, 0.25) is 5.91 Å². The average Bonchev–Trinajstić information content (AvgIpc) is 3.28. The van der Waals surface area contributed by atoms with Crippen LogP contribution < -0.4 is 10.2 Å². The molecule has 3 heterocycles. The Kier molecular flexibility index (Phi) is 4.78. The summed E-state index contributed by atoms with van der Waals surface area (Å²) >= 11 is 1.63. The lowest BCUT2D eigenvalue weighted by Gasteiger charge is -2.26. The second-order valence-corrected chi connectivity index (χ2v) is 9.22. The van der Waals surface area contributed by atoms with Crippen molar-refractivity contribution >= 4 is 33.2 Å². The molecule has 0 spiro atoms. The number of rotatable bonds is 5. The third-order valence-corrected chi connectivity index (χ3v) is 7.20. The topological polar surface area (TPSA) is 60.8 Å².